The van der Waals surface area contributed by atoms with Crippen molar-refractivity contribution in [2.45, 2.75) is 50.6 Å². The number of hydrogen-bond acceptors (Lipinski definition) is 3. The Labute approximate surface area is 103 Å². The van der Waals surface area contributed by atoms with Crippen molar-refractivity contribution in [2.75, 3.05) is 6.54 Å². The van der Waals surface area contributed by atoms with E-state index < -0.39 is 0 Å². The first-order valence-electron chi connectivity index (χ1n) is 6.51. The minimum atomic E-state index is 0.487. The maximum Gasteiger partial charge on any atom is 0.0672 e. The molecule has 1 heterocycles. The number of hydrogen-bond donors (Lipinski definition) is 1. The van der Waals surface area contributed by atoms with E-state index in [1.54, 1.807) is 0 Å². The molecule has 0 amide bonds. The molecule has 92 valence electrons. The van der Waals surface area contributed by atoms with Gasteiger partial charge in [-0.2, -0.15) is 10.4 Å². The summed E-state index contributed by atoms with van der Waals surface area (Å²) in [6, 6.07) is 5.18. The zero-order chi connectivity index (χ0) is 11.9. The molecule has 1 aromatic rings. The van der Waals surface area contributed by atoms with Crippen LogP contribution in [0.5, 0.6) is 0 Å². The SMILES string of the molecule is N#CCCCN[C@@H]1CCCC[C@H]1n1cccn1. The van der Waals surface area contributed by atoms with Crippen LogP contribution < -0.4 is 5.32 Å². The number of unbranched alkanes of at least 4 members (excludes halogenated alkanes) is 1. The average Bonchev–Trinajstić information content (AvgIpc) is 2.89. The second-order valence-electron chi connectivity index (χ2n) is 4.66. The van der Waals surface area contributed by atoms with Gasteiger partial charge in [0.1, 0.15) is 0 Å². The molecule has 0 spiro atoms. The van der Waals surface area contributed by atoms with E-state index in [0.29, 0.717) is 18.5 Å². The molecule has 2 rings (SSSR count). The Morgan fingerprint density at radius 1 is 1.41 bits per heavy atom. The van der Waals surface area contributed by atoms with Gasteiger partial charge in [0, 0.05) is 24.9 Å². The molecule has 0 aromatic carbocycles. The number of aromatic nitrogens is 2. The molecule has 1 fully saturated rings. The van der Waals surface area contributed by atoms with E-state index in [9.17, 15) is 0 Å². The first-order valence-corrected chi connectivity index (χ1v) is 6.51. The number of nitriles is 1. The van der Waals surface area contributed by atoms with E-state index >= 15 is 0 Å². The summed E-state index contributed by atoms with van der Waals surface area (Å²) in [5, 5.41) is 16.5. The van der Waals surface area contributed by atoms with Crippen molar-refractivity contribution in [2.24, 2.45) is 0 Å². The van der Waals surface area contributed by atoms with E-state index in [1.165, 1.54) is 25.7 Å². The lowest BCUT2D eigenvalue weighted by Crippen LogP contribution is -2.40. The summed E-state index contributed by atoms with van der Waals surface area (Å²) in [6.07, 6.45) is 10.5. The second-order valence-corrected chi connectivity index (χ2v) is 4.66. The molecule has 1 N–H and O–H groups in total. The highest BCUT2D eigenvalue weighted by molar-refractivity contribution is 4.89. The largest absolute Gasteiger partial charge is 0.312 e. The first kappa shape index (κ1) is 12.1. The summed E-state index contributed by atoms with van der Waals surface area (Å²) in [6.45, 7) is 0.940. The number of rotatable bonds is 5. The topological polar surface area (TPSA) is 53.6 Å². The van der Waals surface area contributed by atoms with Crippen LogP contribution in [-0.4, -0.2) is 22.4 Å². The molecule has 1 aliphatic carbocycles. The van der Waals surface area contributed by atoms with Crippen molar-refractivity contribution in [3.8, 4) is 6.07 Å². The fraction of sp³-hybridized carbons (Fsp3) is 0.692. The molecule has 4 nitrogen and oxygen atoms in total. The van der Waals surface area contributed by atoms with Crippen LogP contribution in [-0.2, 0) is 0 Å². The zero-order valence-corrected chi connectivity index (χ0v) is 10.2. The fourth-order valence-electron chi connectivity index (χ4n) is 2.60. The molecule has 0 bridgehead atoms. The Hall–Kier alpha value is -1.34. The predicted molar refractivity (Wildman–Crippen MR) is 66.4 cm³/mol. The van der Waals surface area contributed by atoms with Crippen molar-refractivity contribution in [1.29, 1.82) is 5.26 Å². The zero-order valence-electron chi connectivity index (χ0n) is 10.2. The van der Waals surface area contributed by atoms with Gasteiger partial charge in [-0.15, -0.1) is 0 Å². The minimum absolute atomic E-state index is 0.487. The molecule has 1 aromatic heterocycles. The van der Waals surface area contributed by atoms with Crippen LogP contribution in [0.4, 0.5) is 0 Å². The van der Waals surface area contributed by atoms with Gasteiger partial charge in [0.2, 0.25) is 0 Å². The summed E-state index contributed by atoms with van der Waals surface area (Å²) >= 11 is 0. The average molecular weight is 232 g/mol. The fourth-order valence-corrected chi connectivity index (χ4v) is 2.60. The van der Waals surface area contributed by atoms with Gasteiger partial charge in [-0.3, -0.25) is 4.68 Å². The third-order valence-electron chi connectivity index (χ3n) is 3.47. The molecule has 0 unspecified atom stereocenters. The Morgan fingerprint density at radius 2 is 2.29 bits per heavy atom. The molecule has 2 atom stereocenters. The van der Waals surface area contributed by atoms with Crippen molar-refractivity contribution >= 4 is 0 Å². The standard InChI is InChI=1S/C13H20N4/c14-8-3-4-9-15-12-6-1-2-7-13(12)17-11-5-10-16-17/h5,10-13,15H,1-4,6-7,9H2/t12-,13-/m1/s1. The van der Waals surface area contributed by atoms with Crippen molar-refractivity contribution < 1.29 is 0 Å². The predicted octanol–water partition coefficient (Wildman–Crippen LogP) is 2.26. The van der Waals surface area contributed by atoms with Gasteiger partial charge in [-0.05, 0) is 31.9 Å². The van der Waals surface area contributed by atoms with Crippen molar-refractivity contribution in [3.63, 3.8) is 0 Å². The van der Waals surface area contributed by atoms with Crippen LogP contribution in [0.15, 0.2) is 18.5 Å². The maximum atomic E-state index is 8.51. The molecule has 1 aliphatic rings. The number of nitrogens with zero attached hydrogens (tertiary/aromatic N) is 3. The van der Waals surface area contributed by atoms with Crippen LogP contribution >= 0.6 is 0 Å². The normalized spacial score (nSPS) is 24.4. The van der Waals surface area contributed by atoms with E-state index in [0.717, 1.165) is 13.0 Å². The van der Waals surface area contributed by atoms with E-state index in [4.69, 9.17) is 5.26 Å². The van der Waals surface area contributed by atoms with Crippen LogP contribution in [0.1, 0.15) is 44.6 Å². The lowest BCUT2D eigenvalue weighted by atomic mass is 9.90. The molecule has 0 saturated heterocycles. The Bertz CT molecular complexity index is 352. The van der Waals surface area contributed by atoms with Gasteiger partial charge in [0.15, 0.2) is 0 Å². The highest BCUT2D eigenvalue weighted by Crippen LogP contribution is 2.27. The minimum Gasteiger partial charge on any atom is -0.312 e. The summed E-state index contributed by atoms with van der Waals surface area (Å²) in [5.74, 6) is 0. The molecular formula is C13H20N4. The van der Waals surface area contributed by atoms with Gasteiger partial charge < -0.3 is 5.32 Å². The number of nitrogens with one attached hydrogen (secondary N) is 1. The van der Waals surface area contributed by atoms with Crippen LogP contribution in [0.3, 0.4) is 0 Å². The smallest absolute Gasteiger partial charge is 0.0672 e. The molecule has 17 heavy (non-hydrogen) atoms. The Balaban J connectivity index is 1.87. The molecule has 0 radical (unpaired) electrons. The lowest BCUT2D eigenvalue weighted by molar-refractivity contribution is 0.247. The first-order chi connectivity index (χ1) is 8.42. The van der Waals surface area contributed by atoms with Gasteiger partial charge in [-0.1, -0.05) is 12.8 Å². The summed E-state index contributed by atoms with van der Waals surface area (Å²) < 4.78 is 2.08. The monoisotopic (exact) mass is 232 g/mol. The summed E-state index contributed by atoms with van der Waals surface area (Å²) in [5.41, 5.74) is 0. The molecule has 0 aliphatic heterocycles. The van der Waals surface area contributed by atoms with Crippen LogP contribution in [0, 0.1) is 11.3 Å². The molecule has 1 saturated carbocycles. The van der Waals surface area contributed by atoms with Crippen molar-refractivity contribution in [1.82, 2.24) is 15.1 Å². The van der Waals surface area contributed by atoms with Gasteiger partial charge in [0.05, 0.1) is 12.1 Å². The van der Waals surface area contributed by atoms with E-state index in [1.807, 2.05) is 12.3 Å². The van der Waals surface area contributed by atoms with E-state index in [-0.39, 0.29) is 0 Å². The third-order valence-corrected chi connectivity index (χ3v) is 3.47. The Kier molecular flexibility index (Phi) is 4.57. The highest BCUT2D eigenvalue weighted by atomic mass is 15.3. The van der Waals surface area contributed by atoms with Crippen molar-refractivity contribution in [3.05, 3.63) is 18.5 Å². The van der Waals surface area contributed by atoms with Gasteiger partial charge >= 0.3 is 0 Å². The quantitative estimate of drug-likeness (QED) is 0.792. The summed E-state index contributed by atoms with van der Waals surface area (Å²) in [7, 11) is 0. The van der Waals surface area contributed by atoms with Crippen LogP contribution in [0.25, 0.3) is 0 Å². The molecular weight excluding hydrogens is 212 g/mol. The highest BCUT2D eigenvalue weighted by Gasteiger charge is 2.25. The Morgan fingerprint density at radius 3 is 3.06 bits per heavy atom. The third kappa shape index (κ3) is 3.31. The maximum absolute atomic E-state index is 8.51. The lowest BCUT2D eigenvalue weighted by Gasteiger charge is -2.32. The van der Waals surface area contributed by atoms with E-state index in [2.05, 4.69) is 27.4 Å². The van der Waals surface area contributed by atoms with Crippen LogP contribution in [0.2, 0.25) is 0 Å². The summed E-state index contributed by atoms with van der Waals surface area (Å²) in [4.78, 5) is 0. The molecule has 4 heteroatoms. The second kappa shape index (κ2) is 6.41. The van der Waals surface area contributed by atoms with Gasteiger partial charge in [-0.25, -0.2) is 0 Å². The van der Waals surface area contributed by atoms with Gasteiger partial charge in [0.25, 0.3) is 0 Å².